The molecule has 0 aliphatic carbocycles. The summed E-state index contributed by atoms with van der Waals surface area (Å²) in [6.07, 6.45) is -4.24. The quantitative estimate of drug-likeness (QED) is 0.815. The summed E-state index contributed by atoms with van der Waals surface area (Å²) in [6, 6.07) is 3.57. The zero-order valence-electron chi connectivity index (χ0n) is 8.22. The molecule has 0 amide bonds. The molecule has 0 fully saturated rings. The SMILES string of the molecule is OCCc1ccc(OCC(F)(F)F)c(F)c1. The lowest BCUT2D eigenvalue weighted by atomic mass is 10.1. The van der Waals surface area contributed by atoms with Crippen LogP contribution in [-0.4, -0.2) is 24.5 Å². The minimum atomic E-state index is -4.49. The molecule has 0 heterocycles. The molecule has 0 aliphatic heterocycles. The van der Waals surface area contributed by atoms with Crippen molar-refractivity contribution < 1.29 is 27.4 Å². The molecule has 1 aromatic rings. The minimum absolute atomic E-state index is 0.151. The first-order valence-corrected chi connectivity index (χ1v) is 4.51. The van der Waals surface area contributed by atoms with E-state index >= 15 is 0 Å². The van der Waals surface area contributed by atoms with Gasteiger partial charge in [-0.3, -0.25) is 0 Å². The van der Waals surface area contributed by atoms with Crippen molar-refractivity contribution >= 4 is 0 Å². The molecule has 1 N–H and O–H groups in total. The van der Waals surface area contributed by atoms with Crippen molar-refractivity contribution in [3.8, 4) is 5.75 Å². The molecule has 16 heavy (non-hydrogen) atoms. The predicted molar refractivity (Wildman–Crippen MR) is 48.7 cm³/mol. The van der Waals surface area contributed by atoms with Gasteiger partial charge in [-0.25, -0.2) is 4.39 Å². The van der Waals surface area contributed by atoms with Crippen molar-refractivity contribution in [2.75, 3.05) is 13.2 Å². The molecule has 0 bridgehead atoms. The van der Waals surface area contributed by atoms with E-state index in [4.69, 9.17) is 5.11 Å². The standard InChI is InChI=1S/C10H10F4O2/c11-8-5-7(3-4-15)1-2-9(8)16-6-10(12,13)14/h1-2,5,15H,3-4,6H2. The molecular formula is C10H10F4O2. The number of benzene rings is 1. The zero-order valence-corrected chi connectivity index (χ0v) is 8.22. The van der Waals surface area contributed by atoms with Gasteiger partial charge in [0.25, 0.3) is 0 Å². The molecule has 0 saturated heterocycles. The third-order valence-electron chi connectivity index (χ3n) is 1.79. The number of rotatable bonds is 4. The Hall–Kier alpha value is -1.30. The molecular weight excluding hydrogens is 228 g/mol. The van der Waals surface area contributed by atoms with Crippen LogP contribution in [0.5, 0.6) is 5.75 Å². The monoisotopic (exact) mass is 238 g/mol. The summed E-state index contributed by atoms with van der Waals surface area (Å²) < 4.78 is 52.8. The lowest BCUT2D eigenvalue weighted by Gasteiger charge is -2.10. The van der Waals surface area contributed by atoms with E-state index in [2.05, 4.69) is 4.74 Å². The number of hydrogen-bond acceptors (Lipinski definition) is 2. The highest BCUT2D eigenvalue weighted by Crippen LogP contribution is 2.22. The Balaban J connectivity index is 2.68. The van der Waals surface area contributed by atoms with Crippen LogP contribution in [0.15, 0.2) is 18.2 Å². The van der Waals surface area contributed by atoms with E-state index in [0.717, 1.165) is 12.1 Å². The van der Waals surface area contributed by atoms with Crippen LogP contribution in [0.1, 0.15) is 5.56 Å². The van der Waals surface area contributed by atoms with E-state index < -0.39 is 24.3 Å². The van der Waals surface area contributed by atoms with Gasteiger partial charge in [0, 0.05) is 6.61 Å². The fraction of sp³-hybridized carbons (Fsp3) is 0.400. The normalized spacial score (nSPS) is 11.6. The highest BCUT2D eigenvalue weighted by molar-refractivity contribution is 5.29. The number of hydrogen-bond donors (Lipinski definition) is 1. The van der Waals surface area contributed by atoms with Gasteiger partial charge in [0.1, 0.15) is 0 Å². The summed E-state index contributed by atoms with van der Waals surface area (Å²) in [5.41, 5.74) is 0.499. The molecule has 0 aliphatic rings. The predicted octanol–water partition coefficient (Wildman–Crippen LogP) is 2.30. The molecule has 0 radical (unpaired) electrons. The first-order chi connectivity index (χ1) is 7.42. The number of aliphatic hydroxyl groups excluding tert-OH is 1. The lowest BCUT2D eigenvalue weighted by Crippen LogP contribution is -2.19. The molecule has 0 aromatic heterocycles. The Labute approximate surface area is 89.5 Å². The molecule has 1 rings (SSSR count). The smallest absolute Gasteiger partial charge is 0.422 e. The molecule has 1 aromatic carbocycles. The molecule has 2 nitrogen and oxygen atoms in total. The Morgan fingerprint density at radius 3 is 2.44 bits per heavy atom. The maximum atomic E-state index is 13.2. The Kier molecular flexibility index (Phi) is 4.12. The molecule has 0 atom stereocenters. The minimum Gasteiger partial charge on any atom is -0.481 e. The van der Waals surface area contributed by atoms with Crippen molar-refractivity contribution in [2.24, 2.45) is 0 Å². The van der Waals surface area contributed by atoms with Gasteiger partial charge < -0.3 is 9.84 Å². The molecule has 90 valence electrons. The number of aliphatic hydroxyl groups is 1. The number of ether oxygens (including phenoxy) is 1. The average molecular weight is 238 g/mol. The summed E-state index contributed by atoms with van der Waals surface area (Å²) in [6.45, 7) is -1.68. The fourth-order valence-corrected chi connectivity index (χ4v) is 1.11. The molecule has 0 spiro atoms. The van der Waals surface area contributed by atoms with Gasteiger partial charge in [-0.15, -0.1) is 0 Å². The summed E-state index contributed by atoms with van der Waals surface area (Å²) in [5.74, 6) is -1.31. The van der Waals surface area contributed by atoms with Gasteiger partial charge in [0.15, 0.2) is 18.2 Å². The van der Waals surface area contributed by atoms with Crippen molar-refractivity contribution in [3.63, 3.8) is 0 Å². The zero-order chi connectivity index (χ0) is 12.2. The van der Waals surface area contributed by atoms with Crippen molar-refractivity contribution in [2.45, 2.75) is 12.6 Å². The third kappa shape index (κ3) is 4.06. The van der Waals surface area contributed by atoms with Crippen LogP contribution in [0.4, 0.5) is 17.6 Å². The first-order valence-electron chi connectivity index (χ1n) is 4.51. The maximum absolute atomic E-state index is 13.2. The van der Waals surface area contributed by atoms with Gasteiger partial charge in [-0.1, -0.05) is 6.07 Å². The van der Waals surface area contributed by atoms with Gasteiger partial charge in [-0.05, 0) is 24.1 Å². The van der Waals surface area contributed by atoms with E-state index in [9.17, 15) is 17.6 Å². The van der Waals surface area contributed by atoms with Crippen molar-refractivity contribution in [1.82, 2.24) is 0 Å². The van der Waals surface area contributed by atoms with Gasteiger partial charge >= 0.3 is 6.18 Å². The van der Waals surface area contributed by atoms with Gasteiger partial charge in [0.2, 0.25) is 0 Å². The highest BCUT2D eigenvalue weighted by atomic mass is 19.4. The summed E-state index contributed by atoms with van der Waals surface area (Å²) in [4.78, 5) is 0. The van der Waals surface area contributed by atoms with Crippen molar-refractivity contribution in [1.29, 1.82) is 0 Å². The largest absolute Gasteiger partial charge is 0.481 e. The van der Waals surface area contributed by atoms with Crippen molar-refractivity contribution in [3.05, 3.63) is 29.6 Å². The van der Waals surface area contributed by atoms with E-state index in [1.165, 1.54) is 6.07 Å². The maximum Gasteiger partial charge on any atom is 0.422 e. The fourth-order valence-electron chi connectivity index (χ4n) is 1.11. The molecule has 0 saturated carbocycles. The second-order valence-corrected chi connectivity index (χ2v) is 3.14. The Morgan fingerprint density at radius 1 is 1.25 bits per heavy atom. The van der Waals surface area contributed by atoms with E-state index in [-0.39, 0.29) is 13.0 Å². The second-order valence-electron chi connectivity index (χ2n) is 3.14. The average Bonchev–Trinajstić information content (AvgIpc) is 2.15. The Morgan fingerprint density at radius 2 is 1.94 bits per heavy atom. The topological polar surface area (TPSA) is 29.5 Å². The van der Waals surface area contributed by atoms with E-state index in [1.54, 1.807) is 0 Å². The van der Waals surface area contributed by atoms with Crippen LogP contribution in [0.3, 0.4) is 0 Å². The van der Waals surface area contributed by atoms with Crippen LogP contribution in [0.25, 0.3) is 0 Å². The summed E-state index contributed by atoms with van der Waals surface area (Å²) >= 11 is 0. The highest BCUT2D eigenvalue weighted by Gasteiger charge is 2.28. The number of alkyl halides is 3. The number of halogens is 4. The first kappa shape index (κ1) is 12.8. The summed E-state index contributed by atoms with van der Waals surface area (Å²) in [5, 5.41) is 8.59. The van der Waals surface area contributed by atoms with E-state index in [1.807, 2.05) is 0 Å². The summed E-state index contributed by atoms with van der Waals surface area (Å²) in [7, 11) is 0. The second kappa shape index (κ2) is 5.16. The van der Waals surface area contributed by atoms with Crippen LogP contribution in [0.2, 0.25) is 0 Å². The van der Waals surface area contributed by atoms with Crippen LogP contribution in [-0.2, 0) is 6.42 Å². The van der Waals surface area contributed by atoms with Crippen LogP contribution in [0, 0.1) is 5.82 Å². The van der Waals surface area contributed by atoms with Crippen LogP contribution < -0.4 is 4.74 Å². The van der Waals surface area contributed by atoms with Gasteiger partial charge in [0.05, 0.1) is 0 Å². The lowest BCUT2D eigenvalue weighted by molar-refractivity contribution is -0.153. The Bertz CT molecular complexity index is 349. The molecule has 6 heteroatoms. The van der Waals surface area contributed by atoms with E-state index in [0.29, 0.717) is 5.56 Å². The third-order valence-corrected chi connectivity index (χ3v) is 1.79. The van der Waals surface area contributed by atoms with Gasteiger partial charge in [-0.2, -0.15) is 13.2 Å². The molecule has 0 unspecified atom stereocenters. The van der Waals surface area contributed by atoms with Crippen LogP contribution >= 0.6 is 0 Å².